The maximum Gasteiger partial charge on any atom is 0.221 e. The van der Waals surface area contributed by atoms with E-state index in [9.17, 15) is 13.6 Å². The van der Waals surface area contributed by atoms with Crippen molar-refractivity contribution < 1.29 is 13.6 Å². The Kier molecular flexibility index (Phi) is 5.41. The van der Waals surface area contributed by atoms with Crippen LogP contribution in [0.5, 0.6) is 0 Å². The zero-order valence-corrected chi connectivity index (χ0v) is 10.6. The van der Waals surface area contributed by atoms with Gasteiger partial charge in [0.2, 0.25) is 5.91 Å². The fourth-order valence-corrected chi connectivity index (χ4v) is 2.10. The van der Waals surface area contributed by atoms with Crippen molar-refractivity contribution in [3.8, 4) is 0 Å². The molecule has 0 unspecified atom stereocenters. The number of rotatable bonds is 5. The first-order valence-electron chi connectivity index (χ1n) is 5.36. The van der Waals surface area contributed by atoms with Gasteiger partial charge < -0.3 is 5.32 Å². The van der Waals surface area contributed by atoms with E-state index in [0.717, 1.165) is 12.1 Å². The number of carbonyl (C=O) groups is 1. The molecule has 0 radical (unpaired) electrons. The second kappa shape index (κ2) is 6.59. The van der Waals surface area contributed by atoms with Crippen LogP contribution in [0.1, 0.15) is 20.3 Å². The van der Waals surface area contributed by atoms with Gasteiger partial charge in [-0.25, -0.2) is 8.78 Å². The molecule has 0 spiro atoms. The first kappa shape index (κ1) is 14.0. The molecule has 0 aliphatic rings. The first-order chi connectivity index (χ1) is 7.99. The Morgan fingerprint density at radius 1 is 1.35 bits per heavy atom. The molecule has 0 aliphatic carbocycles. The molecule has 1 amide bonds. The fourth-order valence-electron chi connectivity index (χ4n) is 1.22. The lowest BCUT2D eigenvalue weighted by molar-refractivity contribution is -0.121. The van der Waals surface area contributed by atoms with Crippen LogP contribution in [-0.2, 0) is 4.79 Å². The SMILES string of the molecule is CC(C)NC(=O)CCSc1ccc(F)c(F)c1. The molecule has 0 heterocycles. The number of amides is 1. The molecule has 0 bridgehead atoms. The minimum atomic E-state index is -0.860. The highest BCUT2D eigenvalue weighted by molar-refractivity contribution is 7.99. The lowest BCUT2D eigenvalue weighted by atomic mass is 10.3. The first-order valence-corrected chi connectivity index (χ1v) is 6.35. The van der Waals surface area contributed by atoms with E-state index in [1.54, 1.807) is 0 Å². The number of hydrogen-bond donors (Lipinski definition) is 1. The van der Waals surface area contributed by atoms with E-state index in [2.05, 4.69) is 5.32 Å². The molecule has 1 aromatic rings. The summed E-state index contributed by atoms with van der Waals surface area (Å²) in [4.78, 5) is 11.9. The zero-order valence-electron chi connectivity index (χ0n) is 9.80. The highest BCUT2D eigenvalue weighted by Gasteiger charge is 2.05. The molecule has 5 heteroatoms. The summed E-state index contributed by atoms with van der Waals surface area (Å²) in [5.74, 6) is -1.20. The van der Waals surface area contributed by atoms with Crippen molar-refractivity contribution >= 4 is 17.7 Å². The van der Waals surface area contributed by atoms with Crippen LogP contribution in [0.15, 0.2) is 23.1 Å². The fraction of sp³-hybridized carbons (Fsp3) is 0.417. The van der Waals surface area contributed by atoms with Crippen LogP contribution < -0.4 is 5.32 Å². The molecule has 0 aliphatic heterocycles. The van der Waals surface area contributed by atoms with E-state index >= 15 is 0 Å². The molecule has 1 rings (SSSR count). The van der Waals surface area contributed by atoms with Crippen LogP contribution in [0.4, 0.5) is 8.78 Å². The number of thioether (sulfide) groups is 1. The largest absolute Gasteiger partial charge is 0.354 e. The molecular weight excluding hydrogens is 244 g/mol. The zero-order chi connectivity index (χ0) is 12.8. The van der Waals surface area contributed by atoms with Crippen LogP contribution in [0.2, 0.25) is 0 Å². The van der Waals surface area contributed by atoms with Gasteiger partial charge >= 0.3 is 0 Å². The smallest absolute Gasteiger partial charge is 0.221 e. The molecule has 94 valence electrons. The maximum atomic E-state index is 12.9. The second-order valence-corrected chi connectivity index (χ2v) is 5.06. The van der Waals surface area contributed by atoms with E-state index in [-0.39, 0.29) is 11.9 Å². The van der Waals surface area contributed by atoms with Crippen molar-refractivity contribution in [2.75, 3.05) is 5.75 Å². The van der Waals surface area contributed by atoms with E-state index < -0.39 is 11.6 Å². The van der Waals surface area contributed by atoms with E-state index in [0.29, 0.717) is 17.1 Å². The predicted octanol–water partition coefficient (Wildman–Crippen LogP) is 2.97. The summed E-state index contributed by atoms with van der Waals surface area (Å²) in [6.07, 6.45) is 0.363. The summed E-state index contributed by atoms with van der Waals surface area (Å²) in [6, 6.07) is 3.85. The highest BCUT2D eigenvalue weighted by atomic mass is 32.2. The Balaban J connectivity index is 2.36. The maximum absolute atomic E-state index is 12.9. The average molecular weight is 259 g/mol. The van der Waals surface area contributed by atoms with Crippen molar-refractivity contribution in [2.24, 2.45) is 0 Å². The van der Waals surface area contributed by atoms with Gasteiger partial charge in [0.1, 0.15) is 0 Å². The van der Waals surface area contributed by atoms with Gasteiger partial charge in [0.25, 0.3) is 0 Å². The van der Waals surface area contributed by atoms with Crippen LogP contribution in [0.3, 0.4) is 0 Å². The van der Waals surface area contributed by atoms with Crippen molar-refractivity contribution in [3.63, 3.8) is 0 Å². The van der Waals surface area contributed by atoms with Crippen LogP contribution >= 0.6 is 11.8 Å². The van der Waals surface area contributed by atoms with Gasteiger partial charge in [-0.3, -0.25) is 4.79 Å². The van der Waals surface area contributed by atoms with Gasteiger partial charge in [0.05, 0.1) is 0 Å². The molecule has 0 atom stereocenters. The Morgan fingerprint density at radius 3 is 2.65 bits per heavy atom. The van der Waals surface area contributed by atoms with Crippen LogP contribution in [0.25, 0.3) is 0 Å². The topological polar surface area (TPSA) is 29.1 Å². The highest BCUT2D eigenvalue weighted by Crippen LogP contribution is 2.20. The standard InChI is InChI=1S/C12H15F2NOS/c1-8(2)15-12(16)5-6-17-9-3-4-10(13)11(14)7-9/h3-4,7-8H,5-6H2,1-2H3,(H,15,16). The monoisotopic (exact) mass is 259 g/mol. The van der Waals surface area contributed by atoms with Crippen LogP contribution in [-0.4, -0.2) is 17.7 Å². The van der Waals surface area contributed by atoms with Gasteiger partial charge in [0.15, 0.2) is 11.6 Å². The molecule has 0 saturated carbocycles. The summed E-state index contributed by atoms with van der Waals surface area (Å²) < 4.78 is 25.5. The summed E-state index contributed by atoms with van der Waals surface area (Å²) in [7, 11) is 0. The van der Waals surface area contributed by atoms with E-state index in [1.165, 1.54) is 17.8 Å². The third kappa shape index (κ3) is 5.17. The lowest BCUT2D eigenvalue weighted by Gasteiger charge is -2.07. The summed E-state index contributed by atoms with van der Waals surface area (Å²) in [6.45, 7) is 3.78. The van der Waals surface area contributed by atoms with Crippen molar-refractivity contribution in [1.29, 1.82) is 0 Å². The Morgan fingerprint density at radius 2 is 2.06 bits per heavy atom. The predicted molar refractivity (Wildman–Crippen MR) is 65.0 cm³/mol. The average Bonchev–Trinajstić information content (AvgIpc) is 2.22. The summed E-state index contributed by atoms with van der Waals surface area (Å²) in [5, 5.41) is 2.76. The minimum Gasteiger partial charge on any atom is -0.354 e. The van der Waals surface area contributed by atoms with Crippen molar-refractivity contribution in [3.05, 3.63) is 29.8 Å². The Hall–Kier alpha value is -1.10. The van der Waals surface area contributed by atoms with Gasteiger partial charge in [-0.15, -0.1) is 11.8 Å². The Bertz CT molecular complexity index is 396. The molecule has 0 fully saturated rings. The molecule has 0 aromatic heterocycles. The third-order valence-electron chi connectivity index (χ3n) is 1.94. The Labute approximate surface area is 104 Å². The van der Waals surface area contributed by atoms with Gasteiger partial charge in [-0.2, -0.15) is 0 Å². The normalized spacial score (nSPS) is 10.6. The molecule has 2 nitrogen and oxygen atoms in total. The van der Waals surface area contributed by atoms with Gasteiger partial charge in [-0.1, -0.05) is 0 Å². The van der Waals surface area contributed by atoms with Crippen LogP contribution in [0, 0.1) is 11.6 Å². The third-order valence-corrected chi connectivity index (χ3v) is 2.93. The minimum absolute atomic E-state index is 0.0323. The van der Waals surface area contributed by atoms with Gasteiger partial charge in [0, 0.05) is 23.1 Å². The van der Waals surface area contributed by atoms with E-state index in [1.807, 2.05) is 13.8 Å². The second-order valence-electron chi connectivity index (χ2n) is 3.90. The molecule has 1 N–H and O–H groups in total. The molecule has 1 aromatic carbocycles. The number of hydrogen-bond acceptors (Lipinski definition) is 2. The quantitative estimate of drug-likeness (QED) is 0.824. The molecule has 17 heavy (non-hydrogen) atoms. The lowest BCUT2D eigenvalue weighted by Crippen LogP contribution is -2.30. The van der Waals surface area contributed by atoms with E-state index in [4.69, 9.17) is 0 Å². The number of nitrogens with one attached hydrogen (secondary N) is 1. The molecular formula is C12H15F2NOS. The summed E-state index contributed by atoms with van der Waals surface area (Å²) in [5.41, 5.74) is 0. The van der Waals surface area contributed by atoms with Crippen molar-refractivity contribution in [1.82, 2.24) is 5.32 Å². The van der Waals surface area contributed by atoms with Gasteiger partial charge in [-0.05, 0) is 32.0 Å². The number of carbonyl (C=O) groups excluding carboxylic acids is 1. The van der Waals surface area contributed by atoms with Crippen molar-refractivity contribution in [2.45, 2.75) is 31.2 Å². The summed E-state index contributed by atoms with van der Waals surface area (Å²) >= 11 is 1.33. The molecule has 0 saturated heterocycles. The number of halogens is 2. The number of benzene rings is 1.